The summed E-state index contributed by atoms with van der Waals surface area (Å²) in [5.41, 5.74) is 1.56. The molecule has 1 aliphatic heterocycles. The van der Waals surface area contributed by atoms with Crippen molar-refractivity contribution in [3.8, 4) is 0 Å². The minimum atomic E-state index is -0.255. The van der Waals surface area contributed by atoms with Crippen LogP contribution in [0.5, 0.6) is 0 Å². The summed E-state index contributed by atoms with van der Waals surface area (Å²) in [6, 6.07) is 7.60. The van der Waals surface area contributed by atoms with Gasteiger partial charge >= 0.3 is 5.76 Å². The van der Waals surface area contributed by atoms with Gasteiger partial charge in [-0.3, -0.25) is 9.47 Å². The number of piperidine rings is 1. The van der Waals surface area contributed by atoms with Gasteiger partial charge in [0, 0.05) is 13.1 Å². The summed E-state index contributed by atoms with van der Waals surface area (Å²) in [4.78, 5) is 14.2. The summed E-state index contributed by atoms with van der Waals surface area (Å²) in [7, 11) is 0. The van der Waals surface area contributed by atoms with Crippen LogP contribution in [-0.2, 0) is 6.67 Å². The molecule has 1 saturated heterocycles. The zero-order valence-corrected chi connectivity index (χ0v) is 10.6. The van der Waals surface area contributed by atoms with E-state index in [1.807, 2.05) is 24.3 Å². The molecular weight excluding hydrogens is 228 g/mol. The zero-order chi connectivity index (χ0) is 12.5. The highest BCUT2D eigenvalue weighted by Crippen LogP contribution is 2.18. The standard InChI is InChI=1S/C14H18N2O2/c1-11-6-8-15(9-7-11)10-16-12-4-2-3-5-13(12)18-14(16)17/h2-5,11H,6-10H2,1H3. The van der Waals surface area contributed by atoms with Crippen molar-refractivity contribution in [3.63, 3.8) is 0 Å². The third kappa shape index (κ3) is 2.08. The zero-order valence-electron chi connectivity index (χ0n) is 10.6. The van der Waals surface area contributed by atoms with Crippen LogP contribution in [0, 0.1) is 5.92 Å². The first-order valence-electron chi connectivity index (χ1n) is 6.55. The first-order chi connectivity index (χ1) is 8.74. The number of hydrogen-bond acceptors (Lipinski definition) is 3. The van der Waals surface area contributed by atoms with Crippen LogP contribution in [0.3, 0.4) is 0 Å². The number of oxazole rings is 1. The van der Waals surface area contributed by atoms with Crippen LogP contribution < -0.4 is 5.76 Å². The average Bonchev–Trinajstić information content (AvgIpc) is 2.69. The van der Waals surface area contributed by atoms with Crippen molar-refractivity contribution in [1.82, 2.24) is 9.47 Å². The van der Waals surface area contributed by atoms with E-state index in [2.05, 4.69) is 11.8 Å². The Labute approximate surface area is 106 Å². The lowest BCUT2D eigenvalue weighted by Crippen LogP contribution is -2.36. The maximum absolute atomic E-state index is 11.8. The molecule has 0 N–H and O–H groups in total. The van der Waals surface area contributed by atoms with Crippen molar-refractivity contribution in [2.45, 2.75) is 26.4 Å². The summed E-state index contributed by atoms with van der Waals surface area (Å²) in [5.74, 6) is 0.550. The van der Waals surface area contributed by atoms with E-state index >= 15 is 0 Å². The van der Waals surface area contributed by atoms with Crippen molar-refractivity contribution < 1.29 is 4.42 Å². The van der Waals surface area contributed by atoms with Crippen molar-refractivity contribution in [3.05, 3.63) is 34.8 Å². The lowest BCUT2D eigenvalue weighted by atomic mass is 10.00. The second-order valence-electron chi connectivity index (χ2n) is 5.21. The van der Waals surface area contributed by atoms with Crippen molar-refractivity contribution >= 4 is 11.1 Å². The number of hydrogen-bond donors (Lipinski definition) is 0. The molecule has 0 radical (unpaired) electrons. The van der Waals surface area contributed by atoms with Crippen LogP contribution in [0.2, 0.25) is 0 Å². The van der Waals surface area contributed by atoms with Gasteiger partial charge in [-0.1, -0.05) is 19.1 Å². The first-order valence-corrected chi connectivity index (χ1v) is 6.55. The molecule has 0 aliphatic carbocycles. The summed E-state index contributed by atoms with van der Waals surface area (Å²) in [6.45, 7) is 5.06. The topological polar surface area (TPSA) is 38.4 Å². The van der Waals surface area contributed by atoms with Crippen LogP contribution >= 0.6 is 0 Å². The number of para-hydroxylation sites is 2. The number of likely N-dealkylation sites (tertiary alicyclic amines) is 1. The Hall–Kier alpha value is -1.55. The molecule has 0 unspecified atom stereocenters. The van der Waals surface area contributed by atoms with Crippen LogP contribution in [0.1, 0.15) is 19.8 Å². The fourth-order valence-corrected chi connectivity index (χ4v) is 2.55. The lowest BCUT2D eigenvalue weighted by molar-refractivity contribution is 0.152. The van der Waals surface area contributed by atoms with Crippen molar-refractivity contribution in [2.24, 2.45) is 5.92 Å². The molecule has 2 aromatic rings. The second kappa shape index (κ2) is 4.61. The Balaban J connectivity index is 1.86. The lowest BCUT2D eigenvalue weighted by Gasteiger charge is -2.29. The highest BCUT2D eigenvalue weighted by molar-refractivity contribution is 5.72. The molecule has 1 aromatic carbocycles. The van der Waals surface area contributed by atoms with Gasteiger partial charge in [0.25, 0.3) is 0 Å². The Kier molecular flexibility index (Phi) is 2.96. The van der Waals surface area contributed by atoms with E-state index in [-0.39, 0.29) is 5.76 Å². The average molecular weight is 246 g/mol. The molecule has 96 valence electrons. The van der Waals surface area contributed by atoms with Gasteiger partial charge in [-0.05, 0) is 30.9 Å². The number of benzene rings is 1. The maximum Gasteiger partial charge on any atom is 0.421 e. The van der Waals surface area contributed by atoms with E-state index in [1.165, 1.54) is 12.8 Å². The van der Waals surface area contributed by atoms with Gasteiger partial charge in [0.1, 0.15) is 0 Å². The molecule has 0 atom stereocenters. The normalized spacial score (nSPS) is 18.5. The molecule has 0 saturated carbocycles. The molecule has 4 nitrogen and oxygen atoms in total. The quantitative estimate of drug-likeness (QED) is 0.816. The van der Waals surface area contributed by atoms with Gasteiger partial charge in [0.2, 0.25) is 0 Å². The Morgan fingerprint density at radius 1 is 1.28 bits per heavy atom. The summed E-state index contributed by atoms with van der Waals surface area (Å²) in [5, 5.41) is 0. The van der Waals surface area contributed by atoms with Crippen LogP contribution in [0.25, 0.3) is 11.1 Å². The smallest absolute Gasteiger partial charge is 0.408 e. The van der Waals surface area contributed by atoms with E-state index in [4.69, 9.17) is 4.42 Å². The van der Waals surface area contributed by atoms with Gasteiger partial charge in [0.05, 0.1) is 12.2 Å². The molecule has 1 aliphatic rings. The van der Waals surface area contributed by atoms with E-state index in [1.54, 1.807) is 4.57 Å². The third-order valence-electron chi connectivity index (χ3n) is 3.79. The second-order valence-corrected chi connectivity index (χ2v) is 5.21. The molecule has 1 fully saturated rings. The van der Waals surface area contributed by atoms with E-state index < -0.39 is 0 Å². The Morgan fingerprint density at radius 3 is 2.78 bits per heavy atom. The highest BCUT2D eigenvalue weighted by Gasteiger charge is 2.18. The van der Waals surface area contributed by atoms with Gasteiger partial charge in [-0.2, -0.15) is 0 Å². The fraction of sp³-hybridized carbons (Fsp3) is 0.500. The van der Waals surface area contributed by atoms with Crippen molar-refractivity contribution in [1.29, 1.82) is 0 Å². The Bertz CT molecular complexity index is 591. The van der Waals surface area contributed by atoms with E-state index in [0.29, 0.717) is 12.3 Å². The Morgan fingerprint density at radius 2 is 2.00 bits per heavy atom. The van der Waals surface area contributed by atoms with Crippen LogP contribution in [0.15, 0.2) is 33.5 Å². The monoisotopic (exact) mass is 246 g/mol. The third-order valence-corrected chi connectivity index (χ3v) is 3.79. The molecule has 0 spiro atoms. The number of rotatable bonds is 2. The van der Waals surface area contributed by atoms with Gasteiger partial charge < -0.3 is 4.42 Å². The molecule has 4 heteroatoms. The molecule has 1 aromatic heterocycles. The number of fused-ring (bicyclic) bond motifs is 1. The van der Waals surface area contributed by atoms with Gasteiger partial charge in [-0.15, -0.1) is 0 Å². The largest absolute Gasteiger partial charge is 0.421 e. The molecule has 0 bridgehead atoms. The van der Waals surface area contributed by atoms with Gasteiger partial charge in [0.15, 0.2) is 5.58 Å². The molecule has 0 amide bonds. The minimum Gasteiger partial charge on any atom is -0.408 e. The molecule has 2 heterocycles. The number of aromatic nitrogens is 1. The minimum absolute atomic E-state index is 0.255. The predicted molar refractivity (Wildman–Crippen MR) is 70.4 cm³/mol. The van der Waals surface area contributed by atoms with Crippen LogP contribution in [0.4, 0.5) is 0 Å². The molecule has 18 heavy (non-hydrogen) atoms. The summed E-state index contributed by atoms with van der Waals surface area (Å²) in [6.07, 6.45) is 2.43. The van der Waals surface area contributed by atoms with E-state index in [9.17, 15) is 4.79 Å². The maximum atomic E-state index is 11.8. The number of nitrogens with zero attached hydrogens (tertiary/aromatic N) is 2. The van der Waals surface area contributed by atoms with Crippen molar-refractivity contribution in [2.75, 3.05) is 13.1 Å². The SMILES string of the molecule is CC1CCN(Cn2c(=O)oc3ccccc32)CC1. The van der Waals surface area contributed by atoms with E-state index in [0.717, 1.165) is 24.5 Å². The predicted octanol–water partition coefficient (Wildman–Crippen LogP) is 2.28. The molecule has 3 rings (SSSR count). The first kappa shape index (κ1) is 11.5. The fourth-order valence-electron chi connectivity index (χ4n) is 2.55. The highest BCUT2D eigenvalue weighted by atomic mass is 16.4. The molecular formula is C14H18N2O2. The van der Waals surface area contributed by atoms with Gasteiger partial charge in [-0.25, -0.2) is 4.79 Å². The summed E-state index contributed by atoms with van der Waals surface area (Å²) < 4.78 is 6.97. The summed E-state index contributed by atoms with van der Waals surface area (Å²) >= 11 is 0. The van der Waals surface area contributed by atoms with Crippen LogP contribution in [-0.4, -0.2) is 22.6 Å².